The lowest BCUT2D eigenvalue weighted by atomic mass is 10.1. The molecule has 0 saturated carbocycles. The van der Waals surface area contributed by atoms with Gasteiger partial charge in [0.15, 0.2) is 0 Å². The van der Waals surface area contributed by atoms with Crippen molar-refractivity contribution in [3.63, 3.8) is 0 Å². The quantitative estimate of drug-likeness (QED) is 0.640. The van der Waals surface area contributed by atoms with Crippen LogP contribution in [-0.4, -0.2) is 39.1 Å². The highest BCUT2D eigenvalue weighted by Gasteiger charge is 2.06. The van der Waals surface area contributed by atoms with Gasteiger partial charge in [-0.25, -0.2) is 0 Å². The maximum Gasteiger partial charge on any atom is 0.306 e. The summed E-state index contributed by atoms with van der Waals surface area (Å²) in [5, 5.41) is 2.67. The maximum absolute atomic E-state index is 11.5. The lowest BCUT2D eigenvalue weighted by Crippen LogP contribution is -2.24. The average molecular weight is 302 g/mol. The molecule has 22 heavy (non-hydrogen) atoms. The summed E-state index contributed by atoms with van der Waals surface area (Å²) in [6.07, 6.45) is 0.214. The third-order valence-electron chi connectivity index (χ3n) is 2.84. The summed E-state index contributed by atoms with van der Waals surface area (Å²) < 4.78 is 4.76. The number of hydrogen-bond donors (Lipinski definition) is 1. The molecule has 0 atom stereocenters. The molecule has 1 aromatic carbocycles. The molecule has 0 saturated heterocycles. The molecule has 5 nitrogen and oxygen atoms in total. The maximum atomic E-state index is 11.5. The number of hydrogen-bond acceptors (Lipinski definition) is 4. The Labute approximate surface area is 131 Å². The van der Waals surface area contributed by atoms with Crippen molar-refractivity contribution in [3.8, 4) is 11.8 Å². The molecule has 0 fully saturated rings. The topological polar surface area (TPSA) is 58.6 Å². The highest BCUT2D eigenvalue weighted by atomic mass is 16.5. The summed E-state index contributed by atoms with van der Waals surface area (Å²) in [4.78, 5) is 24.7. The lowest BCUT2D eigenvalue weighted by Gasteiger charge is -2.13. The number of carbonyl (C=O) groups excluding carboxylic acids is 2. The van der Waals surface area contributed by atoms with E-state index in [1.54, 1.807) is 6.92 Å². The Morgan fingerprint density at radius 1 is 1.23 bits per heavy atom. The van der Waals surface area contributed by atoms with Crippen LogP contribution in [0.1, 0.15) is 25.3 Å². The van der Waals surface area contributed by atoms with Gasteiger partial charge in [0.25, 0.3) is 0 Å². The van der Waals surface area contributed by atoms with Crippen molar-refractivity contribution in [1.82, 2.24) is 5.32 Å². The van der Waals surface area contributed by atoms with Crippen molar-refractivity contribution in [2.45, 2.75) is 19.8 Å². The van der Waals surface area contributed by atoms with E-state index in [0.717, 1.165) is 11.3 Å². The van der Waals surface area contributed by atoms with Crippen LogP contribution in [0.4, 0.5) is 5.69 Å². The zero-order valence-electron chi connectivity index (χ0n) is 13.3. The Morgan fingerprint density at radius 2 is 1.95 bits per heavy atom. The van der Waals surface area contributed by atoms with Gasteiger partial charge in [-0.15, -0.1) is 0 Å². The summed E-state index contributed by atoms with van der Waals surface area (Å²) in [5.74, 6) is 5.39. The summed E-state index contributed by atoms with van der Waals surface area (Å²) in [7, 11) is 3.91. The average Bonchev–Trinajstić information content (AvgIpc) is 2.50. The van der Waals surface area contributed by atoms with Crippen LogP contribution in [0.25, 0.3) is 0 Å². The fourth-order valence-electron chi connectivity index (χ4n) is 1.79. The van der Waals surface area contributed by atoms with Crippen molar-refractivity contribution in [3.05, 3.63) is 29.8 Å². The molecule has 1 N–H and O–H groups in total. The zero-order valence-corrected chi connectivity index (χ0v) is 13.3. The molecular formula is C17H22N2O3. The lowest BCUT2D eigenvalue weighted by molar-refractivity contribution is -0.144. The number of ether oxygens (including phenoxy) is 1. The summed E-state index contributed by atoms with van der Waals surface area (Å²) in [6, 6.07) is 7.81. The molecule has 0 aliphatic carbocycles. The van der Waals surface area contributed by atoms with Gasteiger partial charge in [-0.1, -0.05) is 24.0 Å². The molecule has 0 bridgehead atoms. The molecular weight excluding hydrogens is 280 g/mol. The Balaban J connectivity index is 2.42. The van der Waals surface area contributed by atoms with E-state index >= 15 is 0 Å². The first-order valence-electron chi connectivity index (χ1n) is 7.22. The standard InChI is InChI=1S/C17H22N2O3/c1-4-22-17(21)12-11-16(20)18-13-7-9-14-8-5-6-10-15(14)19(2)3/h5-6,8,10H,4,11-13H2,1-3H3,(H,18,20). The number of benzene rings is 1. The van der Waals surface area contributed by atoms with Crippen LogP contribution < -0.4 is 10.2 Å². The molecule has 1 amide bonds. The van der Waals surface area contributed by atoms with Gasteiger partial charge in [0.1, 0.15) is 0 Å². The molecule has 0 radical (unpaired) electrons. The molecule has 118 valence electrons. The Bertz CT molecular complexity index is 571. The molecule has 1 rings (SSSR count). The molecule has 0 heterocycles. The number of nitrogens with zero attached hydrogens (tertiary/aromatic N) is 1. The number of para-hydroxylation sites is 1. The Kier molecular flexibility index (Phi) is 7.55. The van der Waals surface area contributed by atoms with E-state index < -0.39 is 0 Å². The van der Waals surface area contributed by atoms with Crippen LogP contribution in [0.5, 0.6) is 0 Å². The molecule has 5 heteroatoms. The first kappa shape index (κ1) is 17.6. The van der Waals surface area contributed by atoms with Gasteiger partial charge in [-0.05, 0) is 19.1 Å². The summed E-state index contributed by atoms with van der Waals surface area (Å²) >= 11 is 0. The fraction of sp³-hybridized carbons (Fsp3) is 0.412. The number of rotatable bonds is 6. The van der Waals surface area contributed by atoms with Gasteiger partial charge in [0.2, 0.25) is 5.91 Å². The number of carbonyl (C=O) groups is 2. The van der Waals surface area contributed by atoms with Crippen LogP contribution in [0.3, 0.4) is 0 Å². The van der Waals surface area contributed by atoms with Gasteiger partial charge in [-0.3, -0.25) is 9.59 Å². The van der Waals surface area contributed by atoms with Crippen molar-refractivity contribution >= 4 is 17.6 Å². The minimum atomic E-state index is -0.358. The van der Waals surface area contributed by atoms with Crippen LogP contribution >= 0.6 is 0 Å². The van der Waals surface area contributed by atoms with E-state index in [0.29, 0.717) is 6.61 Å². The first-order chi connectivity index (χ1) is 10.5. The molecule has 0 aliphatic rings. The van der Waals surface area contributed by atoms with E-state index in [-0.39, 0.29) is 31.3 Å². The van der Waals surface area contributed by atoms with Crippen LogP contribution in [0.15, 0.2) is 24.3 Å². The fourth-order valence-corrected chi connectivity index (χ4v) is 1.79. The highest BCUT2D eigenvalue weighted by Crippen LogP contribution is 2.16. The third-order valence-corrected chi connectivity index (χ3v) is 2.84. The smallest absolute Gasteiger partial charge is 0.306 e. The van der Waals surface area contributed by atoms with E-state index in [1.165, 1.54) is 0 Å². The minimum absolute atomic E-state index is 0.0938. The number of amides is 1. The van der Waals surface area contributed by atoms with Crippen LogP contribution in [-0.2, 0) is 14.3 Å². The second-order valence-corrected chi connectivity index (χ2v) is 4.80. The summed E-state index contributed by atoms with van der Waals surface area (Å²) in [5.41, 5.74) is 1.94. The van der Waals surface area contributed by atoms with E-state index in [1.807, 2.05) is 43.3 Å². The second-order valence-electron chi connectivity index (χ2n) is 4.80. The van der Waals surface area contributed by atoms with Crippen molar-refractivity contribution in [2.75, 3.05) is 32.1 Å². The molecule has 1 aromatic rings. The predicted molar refractivity (Wildman–Crippen MR) is 86.5 cm³/mol. The van der Waals surface area contributed by atoms with Crippen LogP contribution in [0.2, 0.25) is 0 Å². The number of esters is 1. The highest BCUT2D eigenvalue weighted by molar-refractivity contribution is 5.81. The van der Waals surface area contributed by atoms with Gasteiger partial charge < -0.3 is 15.0 Å². The Morgan fingerprint density at radius 3 is 2.64 bits per heavy atom. The molecule has 0 aromatic heterocycles. The predicted octanol–water partition coefficient (Wildman–Crippen LogP) is 1.56. The van der Waals surface area contributed by atoms with Gasteiger partial charge in [-0.2, -0.15) is 0 Å². The van der Waals surface area contributed by atoms with Crippen molar-refractivity contribution in [2.24, 2.45) is 0 Å². The van der Waals surface area contributed by atoms with E-state index in [9.17, 15) is 9.59 Å². The molecule has 0 spiro atoms. The largest absolute Gasteiger partial charge is 0.466 e. The summed E-state index contributed by atoms with van der Waals surface area (Å²) in [6.45, 7) is 2.32. The first-order valence-corrected chi connectivity index (χ1v) is 7.22. The zero-order chi connectivity index (χ0) is 16.4. The van der Waals surface area contributed by atoms with E-state index in [2.05, 4.69) is 17.2 Å². The second kappa shape index (κ2) is 9.46. The van der Waals surface area contributed by atoms with Gasteiger partial charge >= 0.3 is 5.97 Å². The van der Waals surface area contributed by atoms with Gasteiger partial charge in [0.05, 0.1) is 25.3 Å². The Hall–Kier alpha value is -2.48. The minimum Gasteiger partial charge on any atom is -0.466 e. The monoisotopic (exact) mass is 302 g/mol. The normalized spacial score (nSPS) is 9.41. The molecule has 0 unspecified atom stereocenters. The van der Waals surface area contributed by atoms with Crippen molar-refractivity contribution in [1.29, 1.82) is 0 Å². The number of anilines is 1. The SMILES string of the molecule is CCOC(=O)CCC(=O)NCC#Cc1ccccc1N(C)C. The van der Waals surface area contributed by atoms with Crippen molar-refractivity contribution < 1.29 is 14.3 Å². The number of nitrogens with one attached hydrogen (secondary N) is 1. The van der Waals surface area contributed by atoms with E-state index in [4.69, 9.17) is 4.74 Å². The van der Waals surface area contributed by atoms with Gasteiger partial charge in [0, 0.05) is 26.1 Å². The molecule has 0 aliphatic heterocycles. The third kappa shape index (κ3) is 6.31. The van der Waals surface area contributed by atoms with Crippen LogP contribution in [0, 0.1) is 11.8 Å².